The van der Waals surface area contributed by atoms with Gasteiger partial charge in [-0.05, 0) is 70.8 Å². The molecule has 0 radical (unpaired) electrons. The number of carboxylic acid groups (broad SMARTS) is 3. The average Bonchev–Trinajstić information content (AvgIpc) is 3.85. The monoisotopic (exact) mass is 935 g/mol. The largest absolute Gasteiger partial charge is 0.481 e. The number of anilines is 4. The Labute approximate surface area is 366 Å². The van der Waals surface area contributed by atoms with Crippen LogP contribution in [0.25, 0.3) is 30.6 Å². The van der Waals surface area contributed by atoms with Crippen LogP contribution in [-0.4, -0.2) is 91.0 Å². The lowest BCUT2D eigenvalue weighted by Crippen LogP contribution is -2.04. The second-order valence-corrected chi connectivity index (χ2v) is 15.8. The van der Waals surface area contributed by atoms with Gasteiger partial charge in [0.1, 0.15) is 0 Å². The second-order valence-electron chi connectivity index (χ2n) is 11.7. The molecule has 0 amide bonds. The normalized spacial score (nSPS) is 10.0. The number of carboxylic acids is 3. The number of benzene rings is 4. The number of aliphatic hydroxyl groups is 1. The van der Waals surface area contributed by atoms with Crippen molar-refractivity contribution in [1.29, 1.82) is 0 Å². The predicted octanol–water partition coefficient (Wildman–Crippen LogP) is 5.09. The number of carbonyl (C=O) groups excluding carboxylic acids is 1. The first kappa shape index (κ1) is 53.5. The molecule has 0 aliphatic carbocycles. The molecule has 4 aromatic carbocycles. The topological polar surface area (TPSA) is 376 Å². The van der Waals surface area contributed by atoms with E-state index in [0.29, 0.717) is 21.1 Å². The fourth-order valence-electron chi connectivity index (χ4n) is 4.70. The molecule has 0 unspecified atom stereocenters. The second kappa shape index (κ2) is 25.9. The summed E-state index contributed by atoms with van der Waals surface area (Å²) in [6, 6.07) is 23.3. The summed E-state index contributed by atoms with van der Waals surface area (Å²) in [7, 11) is -2.29. The number of esters is 1. The van der Waals surface area contributed by atoms with Crippen LogP contribution < -0.4 is 22.9 Å². The van der Waals surface area contributed by atoms with Crippen LogP contribution in [0.15, 0.2) is 78.9 Å². The third kappa shape index (κ3) is 20.6. The Morgan fingerprint density at radius 3 is 1.11 bits per heavy atom. The molecule has 7 rings (SSSR count). The quantitative estimate of drug-likeness (QED) is 0.0538. The Hall–Kier alpha value is -6.54. The molecule has 62 heavy (non-hydrogen) atoms. The first-order chi connectivity index (χ1) is 28.7. The molecule has 334 valence electrons. The molecule has 3 aromatic heterocycles. The van der Waals surface area contributed by atoms with E-state index >= 15 is 0 Å². The third-order valence-electron chi connectivity index (χ3n) is 7.03. The maximum absolute atomic E-state index is 11.1. The van der Waals surface area contributed by atoms with Crippen molar-refractivity contribution >= 4 is 120 Å². The summed E-state index contributed by atoms with van der Waals surface area (Å²) in [6.07, 6.45) is 0.366. The summed E-state index contributed by atoms with van der Waals surface area (Å²) >= 11 is 4.23. The van der Waals surface area contributed by atoms with Gasteiger partial charge in [0, 0.05) is 12.8 Å². The van der Waals surface area contributed by atoms with Crippen LogP contribution in [0.4, 0.5) is 21.1 Å². The van der Waals surface area contributed by atoms with Gasteiger partial charge in [-0.3, -0.25) is 28.3 Å². The molecule has 0 bridgehead atoms. The lowest BCUT2D eigenvalue weighted by molar-refractivity contribution is -0.140. The van der Waals surface area contributed by atoms with Crippen molar-refractivity contribution in [3.05, 3.63) is 101 Å². The minimum Gasteiger partial charge on any atom is -0.481 e. The summed E-state index contributed by atoms with van der Waals surface area (Å²) in [4.78, 5) is 54.5. The fraction of sp³-hybridized carbons (Fsp3) is 0.184. The molecular formula is C38H45N7O13S4. The molecule has 3 heterocycles. The van der Waals surface area contributed by atoms with Gasteiger partial charge in [0.25, 0.3) is 0 Å². The lowest BCUT2D eigenvalue weighted by atomic mass is 10.1. The summed E-state index contributed by atoms with van der Waals surface area (Å²) in [5, 5.41) is 34.2. The minimum absolute atomic E-state index is 0. The number of ether oxygens (including phenoxy) is 1. The van der Waals surface area contributed by atoms with Crippen LogP contribution in [0.1, 0.15) is 29.7 Å². The molecular weight excluding hydrogens is 891 g/mol. The SMILES string of the molecule is C.CO.COC(=O)Cc1ccc2sc(N)nc2c1.Nc1ccc(CC(=O)O)cc1.Nc1nc2cc(CC(=O)O)ccc2s1.Nc1nc2cc(CC(=O)O)ccc2s1.O=S(=O)(O)O. The van der Waals surface area contributed by atoms with Crippen molar-refractivity contribution in [1.82, 2.24) is 15.0 Å². The first-order valence-electron chi connectivity index (χ1n) is 16.8. The van der Waals surface area contributed by atoms with Crippen molar-refractivity contribution in [3.63, 3.8) is 0 Å². The number of aromatic nitrogens is 3. The fourth-order valence-corrected chi connectivity index (χ4v) is 6.84. The van der Waals surface area contributed by atoms with Crippen LogP contribution in [0.3, 0.4) is 0 Å². The first-order valence-corrected chi connectivity index (χ1v) is 20.7. The average molecular weight is 936 g/mol. The molecule has 0 fully saturated rings. The standard InChI is InChI=1S/C10H10N2O2S.2C9H8N2O2S.C8H9NO2.CH4O.CH4.H2O4S/c1-14-9(13)5-6-2-3-8-7(4-6)12-10(11)15-8;2*10-9-11-6-3-5(4-8(12)13)1-2-7(6)14-9;9-7-3-1-6(2-4-7)5-8(10)11;1-2;;1-5(2,3)4/h2-4H,5H2,1H3,(H2,11,12);2*1-3H,4H2,(H2,10,11)(H,12,13);1-4H,5,9H2,(H,10,11);2H,1H3;1H4;(H2,1,2,3,4). The minimum atomic E-state index is -4.67. The van der Waals surface area contributed by atoms with Gasteiger partial charge in [-0.25, -0.2) is 15.0 Å². The summed E-state index contributed by atoms with van der Waals surface area (Å²) in [5.74, 6) is -2.76. The molecule has 0 saturated carbocycles. The molecule has 0 aliphatic rings. The van der Waals surface area contributed by atoms with Crippen LogP contribution in [0.2, 0.25) is 0 Å². The van der Waals surface area contributed by atoms with Gasteiger partial charge >= 0.3 is 34.3 Å². The van der Waals surface area contributed by atoms with E-state index in [2.05, 4.69) is 19.7 Å². The van der Waals surface area contributed by atoms with Gasteiger partial charge in [-0.15, -0.1) is 0 Å². The Balaban J connectivity index is 0.000000393. The van der Waals surface area contributed by atoms with Gasteiger partial charge in [0.15, 0.2) is 15.4 Å². The van der Waals surface area contributed by atoms with E-state index in [4.69, 9.17) is 60.9 Å². The molecule has 14 N–H and O–H groups in total. The van der Waals surface area contributed by atoms with Crippen LogP contribution in [0, 0.1) is 0 Å². The summed E-state index contributed by atoms with van der Waals surface area (Å²) in [5.41, 5.74) is 28.2. The van der Waals surface area contributed by atoms with E-state index in [-0.39, 0.29) is 39.1 Å². The smallest absolute Gasteiger partial charge is 0.394 e. The number of hydrogen-bond donors (Lipinski definition) is 10. The molecule has 20 nitrogen and oxygen atoms in total. The Morgan fingerprint density at radius 1 is 0.548 bits per heavy atom. The molecule has 0 atom stereocenters. The Kier molecular flexibility index (Phi) is 22.4. The number of aliphatic carboxylic acids is 3. The van der Waals surface area contributed by atoms with Crippen molar-refractivity contribution in [2.24, 2.45) is 0 Å². The number of fused-ring (bicyclic) bond motifs is 3. The molecule has 7 aromatic rings. The zero-order valence-electron chi connectivity index (χ0n) is 32.2. The highest BCUT2D eigenvalue weighted by atomic mass is 32.3. The van der Waals surface area contributed by atoms with E-state index < -0.39 is 28.3 Å². The number of rotatable bonds is 8. The van der Waals surface area contributed by atoms with Gasteiger partial charge < -0.3 is 48.1 Å². The van der Waals surface area contributed by atoms with Crippen molar-refractivity contribution in [3.8, 4) is 0 Å². The van der Waals surface area contributed by atoms with Gasteiger partial charge in [0.05, 0.1) is 63.4 Å². The Bertz CT molecular complexity index is 2570. The van der Waals surface area contributed by atoms with E-state index in [1.807, 2.05) is 30.3 Å². The van der Waals surface area contributed by atoms with E-state index in [1.165, 1.54) is 41.1 Å². The van der Waals surface area contributed by atoms with Crippen molar-refractivity contribution < 1.29 is 61.9 Å². The van der Waals surface area contributed by atoms with Crippen molar-refractivity contribution in [2.75, 3.05) is 37.2 Å². The highest BCUT2D eigenvalue weighted by Gasteiger charge is 2.08. The van der Waals surface area contributed by atoms with Crippen LogP contribution >= 0.6 is 34.0 Å². The number of methoxy groups -OCH3 is 1. The lowest BCUT2D eigenvalue weighted by Gasteiger charge is -1.98. The highest BCUT2D eigenvalue weighted by Crippen LogP contribution is 2.26. The van der Waals surface area contributed by atoms with E-state index in [1.54, 1.807) is 48.5 Å². The van der Waals surface area contributed by atoms with E-state index in [0.717, 1.165) is 60.0 Å². The van der Waals surface area contributed by atoms with Gasteiger partial charge in [0.2, 0.25) is 0 Å². The zero-order chi connectivity index (χ0) is 45.9. The number of nitrogens with zero attached hydrogens (tertiary/aromatic N) is 3. The molecule has 0 aliphatic heterocycles. The molecule has 24 heteroatoms. The number of aliphatic hydroxyl groups excluding tert-OH is 1. The third-order valence-corrected chi connectivity index (χ3v) is 9.62. The van der Waals surface area contributed by atoms with Gasteiger partial charge in [-0.2, -0.15) is 8.42 Å². The Morgan fingerprint density at radius 2 is 0.823 bits per heavy atom. The van der Waals surface area contributed by atoms with Crippen LogP contribution in [-0.2, 0) is 60.0 Å². The van der Waals surface area contributed by atoms with Crippen LogP contribution in [0.5, 0.6) is 0 Å². The highest BCUT2D eigenvalue weighted by molar-refractivity contribution is 7.79. The zero-order valence-corrected chi connectivity index (χ0v) is 35.4. The number of carbonyl (C=O) groups is 4. The maximum Gasteiger partial charge on any atom is 0.394 e. The number of nitrogen functional groups attached to an aromatic ring is 4. The van der Waals surface area contributed by atoms with Crippen molar-refractivity contribution in [2.45, 2.75) is 33.1 Å². The molecule has 0 spiro atoms. The summed E-state index contributed by atoms with van der Waals surface area (Å²) < 4.78 is 39.2. The number of nitrogens with two attached hydrogens (primary N) is 4. The summed E-state index contributed by atoms with van der Waals surface area (Å²) in [6.45, 7) is 0. The maximum atomic E-state index is 11.1. The number of thiazole rings is 3. The number of hydrogen-bond acceptors (Lipinski definition) is 18. The predicted molar refractivity (Wildman–Crippen MR) is 242 cm³/mol. The van der Waals surface area contributed by atoms with Gasteiger partial charge in [-0.1, -0.05) is 71.8 Å². The van der Waals surface area contributed by atoms with E-state index in [9.17, 15) is 19.2 Å². The molecule has 0 saturated heterocycles.